The predicted octanol–water partition coefficient (Wildman–Crippen LogP) is -1.24. The summed E-state index contributed by atoms with van der Waals surface area (Å²) < 4.78 is 0. The number of carbonyl (C=O) groups is 13. The Morgan fingerprint density at radius 3 is 1.50 bits per heavy atom. The molecule has 114 heavy (non-hydrogen) atoms. The quantitative estimate of drug-likeness (QED) is 0.0771. The zero-order valence-electron chi connectivity index (χ0n) is 67.1. The summed E-state index contributed by atoms with van der Waals surface area (Å²) in [6.45, 7) is 13.2. The van der Waals surface area contributed by atoms with Gasteiger partial charge in [0, 0.05) is 55.1 Å². The number of amides is 12. The molecule has 2 aliphatic carbocycles. The van der Waals surface area contributed by atoms with Crippen LogP contribution in [0.5, 0.6) is 0 Å². The Hall–Kier alpha value is -7.29. The fourth-order valence-corrected chi connectivity index (χ4v) is 17.7. The number of carboxylic acids is 1. The predicted molar refractivity (Wildman–Crippen MR) is 428 cm³/mol. The minimum atomic E-state index is -1.77. The van der Waals surface area contributed by atoms with Crippen LogP contribution in [0.4, 0.5) is 0 Å². The van der Waals surface area contributed by atoms with Crippen molar-refractivity contribution in [1.29, 1.82) is 0 Å². The van der Waals surface area contributed by atoms with Gasteiger partial charge in [-0.1, -0.05) is 71.7 Å². The zero-order chi connectivity index (χ0) is 83.3. The second kappa shape index (κ2) is 46.6. The molecule has 0 radical (unpaired) electrons. The molecule has 6 aliphatic rings. The number of primary amides is 1. The first-order valence-corrected chi connectivity index (χ1v) is 43.2. The normalized spacial score (nSPS) is 32.3. The van der Waals surface area contributed by atoms with Crippen LogP contribution in [-0.2, 0) is 73.8 Å². The van der Waals surface area contributed by atoms with E-state index in [-0.39, 0.29) is 99.8 Å². The molecule has 36 heteroatoms. The largest absolute Gasteiger partial charge is 0.481 e. The molecule has 12 amide bonds. The molecule has 4 heterocycles. The molecule has 4 aliphatic heterocycles. The first-order chi connectivity index (χ1) is 54.2. The molecule has 2 bridgehead atoms. The van der Waals surface area contributed by atoms with E-state index in [1.54, 1.807) is 34.6 Å². The summed E-state index contributed by atoms with van der Waals surface area (Å²) in [5.41, 5.74) is 6.69. The number of hydrogen-bond donors (Lipinski definition) is 21. The highest BCUT2D eigenvalue weighted by atomic mass is 32.2. The Bertz CT molecular complexity index is 3390. The van der Waals surface area contributed by atoms with E-state index in [9.17, 15) is 68.7 Å². The molecule has 3 saturated heterocycles. The van der Waals surface area contributed by atoms with Gasteiger partial charge in [-0.3, -0.25) is 62.3 Å². The monoisotopic (exact) mass is 1640 g/mol. The van der Waals surface area contributed by atoms with Crippen LogP contribution in [0.15, 0.2) is 24.3 Å². The number of nitrogens with one attached hydrogen (secondary N) is 15. The maximum atomic E-state index is 15.2. The van der Waals surface area contributed by atoms with Gasteiger partial charge in [-0.05, 0) is 183 Å². The Balaban J connectivity index is 1.23. The molecular formula is C78H128N16O18S2. The number of carbonyl (C=O) groups excluding carboxylic acids is 12. The van der Waals surface area contributed by atoms with Crippen LogP contribution in [-0.4, -0.2) is 243 Å². The van der Waals surface area contributed by atoms with E-state index in [2.05, 4.69) is 79.8 Å². The first-order valence-electron chi connectivity index (χ1n) is 40.9. The summed E-state index contributed by atoms with van der Waals surface area (Å²) >= 11 is 2.74. The van der Waals surface area contributed by atoms with Crippen molar-refractivity contribution < 1.29 is 87.9 Å². The van der Waals surface area contributed by atoms with Gasteiger partial charge in [0.25, 0.3) is 0 Å². The summed E-state index contributed by atoms with van der Waals surface area (Å²) in [7, 11) is 0. The molecular weight excluding hydrogens is 1510 g/mol. The molecule has 34 nitrogen and oxygen atoms in total. The molecule has 5 fully saturated rings. The highest BCUT2D eigenvalue weighted by Gasteiger charge is 2.44. The van der Waals surface area contributed by atoms with Crippen molar-refractivity contribution in [2.75, 3.05) is 37.8 Å². The van der Waals surface area contributed by atoms with Crippen molar-refractivity contribution in [2.24, 2.45) is 34.8 Å². The van der Waals surface area contributed by atoms with Crippen LogP contribution in [0, 0.1) is 29.1 Å². The highest BCUT2D eigenvalue weighted by Crippen LogP contribution is 2.34. The Morgan fingerprint density at radius 1 is 0.535 bits per heavy atom. The van der Waals surface area contributed by atoms with Crippen molar-refractivity contribution in [1.82, 2.24) is 79.8 Å². The van der Waals surface area contributed by atoms with E-state index >= 15 is 19.2 Å². The van der Waals surface area contributed by atoms with Gasteiger partial charge in [0.1, 0.15) is 66.5 Å². The minimum Gasteiger partial charge on any atom is -0.481 e. The highest BCUT2D eigenvalue weighted by molar-refractivity contribution is 7.98. The van der Waals surface area contributed by atoms with E-state index in [4.69, 9.17) is 5.73 Å². The maximum Gasteiger partial charge on any atom is 0.303 e. The van der Waals surface area contributed by atoms with Gasteiger partial charge >= 0.3 is 5.97 Å². The van der Waals surface area contributed by atoms with Crippen LogP contribution < -0.4 is 85.5 Å². The van der Waals surface area contributed by atoms with Gasteiger partial charge in [-0.2, -0.15) is 23.5 Å². The summed E-state index contributed by atoms with van der Waals surface area (Å²) in [6, 6.07) is -8.65. The average molecular weight is 1640 g/mol. The van der Waals surface area contributed by atoms with E-state index in [0.29, 0.717) is 94.8 Å². The molecule has 640 valence electrons. The Kier molecular flexibility index (Phi) is 38.4. The molecule has 17 atom stereocenters. The number of aliphatic hydroxyl groups excluding tert-OH is 4. The van der Waals surface area contributed by atoms with Gasteiger partial charge in [0.15, 0.2) is 0 Å². The number of piperidine rings is 1. The van der Waals surface area contributed by atoms with E-state index in [0.717, 1.165) is 30.5 Å². The number of carboxylic acid groups (broad SMARTS) is 1. The molecule has 1 aromatic carbocycles. The number of hydrogen-bond acceptors (Lipinski definition) is 23. The van der Waals surface area contributed by atoms with Crippen molar-refractivity contribution in [2.45, 2.75) is 304 Å². The summed E-state index contributed by atoms with van der Waals surface area (Å²) in [5, 5.41) is 96.8. The molecule has 7 rings (SSSR count). The maximum absolute atomic E-state index is 15.2. The number of thioether (sulfide) groups is 2. The first kappa shape index (κ1) is 93.9. The number of aliphatic hydroxyl groups is 4. The van der Waals surface area contributed by atoms with Crippen LogP contribution in [0.1, 0.15) is 201 Å². The lowest BCUT2D eigenvalue weighted by atomic mass is 9.82. The zero-order valence-corrected chi connectivity index (χ0v) is 68.7. The fraction of sp³-hybridized carbons (Fsp3) is 0.756. The molecule has 4 unspecified atom stereocenters. The molecule has 1 aromatic rings. The smallest absolute Gasteiger partial charge is 0.303 e. The minimum absolute atomic E-state index is 0.00772. The van der Waals surface area contributed by atoms with Crippen LogP contribution in [0.3, 0.4) is 0 Å². The third kappa shape index (κ3) is 30.3. The lowest BCUT2D eigenvalue weighted by molar-refractivity contribution is -0.138. The number of fused-ring (bicyclic) bond motifs is 3. The Morgan fingerprint density at radius 2 is 1.00 bits per heavy atom. The van der Waals surface area contributed by atoms with E-state index < -0.39 is 186 Å². The summed E-state index contributed by atoms with van der Waals surface area (Å²) in [6.07, 6.45) is 0.381. The van der Waals surface area contributed by atoms with Gasteiger partial charge in [0.05, 0.1) is 30.6 Å². The summed E-state index contributed by atoms with van der Waals surface area (Å²) in [5.74, 6) is -10.8. The fourth-order valence-electron chi connectivity index (χ4n) is 15.8. The van der Waals surface area contributed by atoms with Crippen molar-refractivity contribution in [3.8, 4) is 0 Å². The third-order valence-electron chi connectivity index (χ3n) is 22.4. The van der Waals surface area contributed by atoms with Gasteiger partial charge in [-0.25, -0.2) is 0 Å². The Labute approximate surface area is 677 Å². The number of aliphatic carboxylic acids is 1. The van der Waals surface area contributed by atoms with Gasteiger partial charge < -0.3 is 111 Å². The van der Waals surface area contributed by atoms with Crippen molar-refractivity contribution in [3.05, 3.63) is 35.4 Å². The molecule has 0 spiro atoms. The molecule has 0 aromatic heterocycles. The van der Waals surface area contributed by atoms with Crippen molar-refractivity contribution >= 4 is 100 Å². The SMILES string of the molecule is CCC[C@@H]1NC(=O)[C@H](CC2CNC3NCCCC23)NC(=O)[C@H]([C@@H](C)O)NC(=O)[C@H](CC2CNCN2)NC(=O)[C@H](CC2CCC(O)CC2)NC(=O)[C@H](C(C)(C)C)NC(=O)CCSCc2cccc(c2)CSC[C@@H](C(N)=O)NC(=O)[C@H]([C@@H](C)O)NC(=O)[C@H](CCC)NC(=O)[C@H](CC2CCC(O)CC2)NC(=O)[C@H](CCCC(=O)O)NC1=O. The van der Waals surface area contributed by atoms with E-state index in [1.165, 1.54) is 37.4 Å². The third-order valence-corrected chi connectivity index (χ3v) is 24.6. The number of rotatable bonds is 19. The van der Waals surface area contributed by atoms with E-state index in [1.807, 2.05) is 24.3 Å². The van der Waals surface area contributed by atoms with Crippen LogP contribution >= 0.6 is 23.5 Å². The standard InChI is InChI=1S/C78H128N16O18S2/c1-8-13-53-68(103)86-55(18-11-19-62(100)101)69(104)87-56(32-44-20-24-50(97)25-21-44)71(106)85-54(14-9-2)70(105)93-64(43(4)96)76(111)91-60(66(79)102)40-114-39-47-16-10-15-46(31-47)38-113-30-28-61(99)92-65(78(5,6)7)77(112)90-57(33-45-22-26-51(98)27-23-45)72(107)88-59(35-49-37-80-41-83-49)74(109)94-63(42(3)95)75(110)89-58(73(108)84-53)34-48-36-82-67-52(48)17-12-29-81-67/h10,15-16,31,42-45,48-60,63-65,67,80-83,95-98H,8-9,11-14,17-30,32-41H2,1-7H3,(H2,79,102)(H,84,108)(H,85,106)(H,86,103)(H,87,104)(H,88,107)(H,89,110)(H,90,112)(H,91,111)(H,92,99)(H,93,105)(H,94,109)(H,100,101)/t42-,43-,44?,45?,48?,49?,50?,51?,52?,53+,54+,55+,56+,57+,58+,59+,60+,63+,64+,65-,67?/m1/s1. The number of benzene rings is 1. The topological polar surface area (TPSA) is 530 Å². The second-order valence-electron chi connectivity index (χ2n) is 32.9. The molecule has 22 N–H and O–H groups in total. The van der Waals surface area contributed by atoms with Gasteiger partial charge in [0.2, 0.25) is 70.9 Å². The number of nitrogens with two attached hydrogens (primary N) is 1. The van der Waals surface area contributed by atoms with Crippen LogP contribution in [0.25, 0.3) is 0 Å². The lowest BCUT2D eigenvalue weighted by Crippen LogP contribution is -2.63. The average Bonchev–Trinajstić information content (AvgIpc) is 1.53. The lowest BCUT2D eigenvalue weighted by Gasteiger charge is -2.34. The molecule has 2 saturated carbocycles. The van der Waals surface area contributed by atoms with Crippen molar-refractivity contribution in [3.63, 3.8) is 0 Å². The second-order valence-corrected chi connectivity index (χ2v) is 35.1. The van der Waals surface area contributed by atoms with Crippen LogP contribution in [0.2, 0.25) is 0 Å². The summed E-state index contributed by atoms with van der Waals surface area (Å²) in [4.78, 5) is 187. The van der Waals surface area contributed by atoms with Gasteiger partial charge in [-0.15, -0.1) is 0 Å².